The molecule has 1 amide bonds. The molecule has 3 aromatic rings. The Labute approximate surface area is 223 Å². The fourth-order valence-corrected chi connectivity index (χ4v) is 4.87. The summed E-state index contributed by atoms with van der Waals surface area (Å²) >= 11 is 0. The van der Waals surface area contributed by atoms with Crippen LogP contribution < -0.4 is 10.2 Å². The third-order valence-electron chi connectivity index (χ3n) is 6.96. The van der Waals surface area contributed by atoms with Crippen LogP contribution in [0.3, 0.4) is 0 Å². The van der Waals surface area contributed by atoms with E-state index < -0.39 is 0 Å². The number of piperazine rings is 1. The second-order valence-electron chi connectivity index (χ2n) is 9.33. The number of ether oxygens (including phenoxy) is 1. The molecular weight excluding hydrogens is 478 g/mol. The van der Waals surface area contributed by atoms with Gasteiger partial charge in [-0.3, -0.25) is 10.1 Å². The van der Waals surface area contributed by atoms with E-state index in [1.165, 1.54) is 0 Å². The van der Waals surface area contributed by atoms with Crippen molar-refractivity contribution in [3.63, 3.8) is 0 Å². The number of aliphatic imine (C=N–C) groups is 1. The highest BCUT2D eigenvalue weighted by Gasteiger charge is 2.33. The summed E-state index contributed by atoms with van der Waals surface area (Å²) in [5, 5.41) is 12.2. The van der Waals surface area contributed by atoms with Gasteiger partial charge >= 0.3 is 0 Å². The van der Waals surface area contributed by atoms with E-state index in [0.29, 0.717) is 44.4 Å². The molecule has 1 unspecified atom stereocenters. The highest BCUT2D eigenvalue weighted by Crippen LogP contribution is 2.28. The number of hydrogen-bond acceptors (Lipinski definition) is 6. The van der Waals surface area contributed by atoms with Crippen LogP contribution in [0.4, 0.5) is 11.5 Å². The van der Waals surface area contributed by atoms with Crippen molar-refractivity contribution >= 4 is 23.4 Å². The maximum Gasteiger partial charge on any atom is 0.256 e. The fourth-order valence-electron chi connectivity index (χ4n) is 4.87. The van der Waals surface area contributed by atoms with E-state index in [-0.39, 0.29) is 11.9 Å². The van der Waals surface area contributed by atoms with Gasteiger partial charge < -0.3 is 19.4 Å². The Hall–Kier alpha value is -4.42. The summed E-state index contributed by atoms with van der Waals surface area (Å²) in [6, 6.07) is 21.3. The third-order valence-corrected chi connectivity index (χ3v) is 6.96. The molecule has 5 rings (SSSR count). The minimum Gasteiger partial charge on any atom is -0.378 e. The Bertz CT molecular complexity index is 1310. The summed E-state index contributed by atoms with van der Waals surface area (Å²) in [6.45, 7) is 6.45. The second-order valence-corrected chi connectivity index (χ2v) is 9.33. The lowest BCUT2D eigenvalue weighted by Gasteiger charge is -2.42. The largest absolute Gasteiger partial charge is 0.378 e. The minimum atomic E-state index is -0.223. The van der Waals surface area contributed by atoms with E-state index in [1.807, 2.05) is 89.6 Å². The summed E-state index contributed by atoms with van der Waals surface area (Å²) < 4.78 is 5.43. The molecule has 3 heterocycles. The van der Waals surface area contributed by atoms with Crippen LogP contribution in [-0.4, -0.2) is 72.6 Å². The molecule has 0 saturated carbocycles. The van der Waals surface area contributed by atoms with E-state index in [1.54, 1.807) is 6.20 Å². The number of rotatable bonds is 4. The minimum absolute atomic E-state index is 0.0647. The van der Waals surface area contributed by atoms with Crippen LogP contribution in [0.2, 0.25) is 0 Å². The number of aromatic nitrogens is 1. The lowest BCUT2D eigenvalue weighted by Crippen LogP contribution is -2.54. The standard InChI is InChI=1S/C29H31N7O2/c1-22-7-5-6-10-25(22)33-29(32-21-30)35-13-14-36(26(20-35)23-8-3-2-4-9-23)28(37)24-11-12-27(31-19-24)34-15-17-38-18-16-34/h2-12,19,26H,13-18,20H2,1H3,(H,32,33). The van der Waals surface area contributed by atoms with Gasteiger partial charge in [-0.15, -0.1) is 0 Å². The van der Waals surface area contributed by atoms with Crippen molar-refractivity contribution in [1.29, 1.82) is 5.26 Å². The van der Waals surface area contributed by atoms with Gasteiger partial charge in [-0.05, 0) is 36.2 Å². The van der Waals surface area contributed by atoms with Gasteiger partial charge in [0.1, 0.15) is 5.82 Å². The molecule has 2 aliphatic heterocycles. The van der Waals surface area contributed by atoms with Crippen LogP contribution >= 0.6 is 0 Å². The molecule has 0 spiro atoms. The van der Waals surface area contributed by atoms with Crippen molar-refractivity contribution in [3.8, 4) is 6.19 Å². The first-order valence-electron chi connectivity index (χ1n) is 12.8. The van der Waals surface area contributed by atoms with Gasteiger partial charge in [0.25, 0.3) is 5.91 Å². The summed E-state index contributed by atoms with van der Waals surface area (Å²) in [7, 11) is 0. The first-order chi connectivity index (χ1) is 18.6. The third kappa shape index (κ3) is 5.61. The number of amides is 1. The van der Waals surface area contributed by atoms with Gasteiger partial charge in [0, 0.05) is 38.9 Å². The van der Waals surface area contributed by atoms with Gasteiger partial charge in [0.15, 0.2) is 6.19 Å². The van der Waals surface area contributed by atoms with Gasteiger partial charge in [0.05, 0.1) is 30.5 Å². The predicted molar refractivity (Wildman–Crippen MR) is 146 cm³/mol. The summed E-state index contributed by atoms with van der Waals surface area (Å²) in [5.74, 6) is 1.27. The van der Waals surface area contributed by atoms with Crippen LogP contribution in [0.1, 0.15) is 27.5 Å². The molecule has 2 fully saturated rings. The van der Waals surface area contributed by atoms with Crippen LogP contribution in [-0.2, 0) is 4.74 Å². The Balaban J connectivity index is 1.40. The molecular formula is C29H31N7O2. The molecule has 9 heteroatoms. The number of morpholine rings is 1. The molecule has 0 aliphatic carbocycles. The number of aryl methyl sites for hydroxylation is 1. The van der Waals surface area contributed by atoms with Gasteiger partial charge in [-0.1, -0.05) is 48.5 Å². The number of anilines is 1. The zero-order valence-corrected chi connectivity index (χ0v) is 21.5. The van der Waals surface area contributed by atoms with E-state index >= 15 is 0 Å². The Kier molecular flexibility index (Phi) is 7.81. The maximum atomic E-state index is 13.7. The Morgan fingerprint density at radius 1 is 1.03 bits per heavy atom. The van der Waals surface area contributed by atoms with E-state index in [4.69, 9.17) is 9.73 Å². The molecule has 1 aromatic heterocycles. The molecule has 38 heavy (non-hydrogen) atoms. The average Bonchev–Trinajstić information content (AvgIpc) is 2.98. The molecule has 194 valence electrons. The molecule has 0 bridgehead atoms. The predicted octanol–water partition coefficient (Wildman–Crippen LogP) is 3.48. The first-order valence-corrected chi connectivity index (χ1v) is 12.8. The Morgan fingerprint density at radius 3 is 2.50 bits per heavy atom. The lowest BCUT2D eigenvalue weighted by atomic mass is 10.0. The van der Waals surface area contributed by atoms with Crippen LogP contribution in [0, 0.1) is 18.4 Å². The molecule has 2 saturated heterocycles. The van der Waals surface area contributed by atoms with Crippen molar-refractivity contribution in [1.82, 2.24) is 20.1 Å². The topological polar surface area (TPSA) is 97.1 Å². The van der Waals surface area contributed by atoms with Crippen molar-refractivity contribution in [3.05, 3.63) is 89.6 Å². The van der Waals surface area contributed by atoms with Crippen LogP contribution in [0.5, 0.6) is 0 Å². The summed E-state index contributed by atoms with van der Waals surface area (Å²) in [5.41, 5.74) is 3.40. The summed E-state index contributed by atoms with van der Waals surface area (Å²) in [6.07, 6.45) is 3.70. The molecule has 0 radical (unpaired) electrons. The molecule has 1 N–H and O–H groups in total. The zero-order chi connectivity index (χ0) is 26.3. The summed E-state index contributed by atoms with van der Waals surface area (Å²) in [4.78, 5) is 29.2. The second kappa shape index (κ2) is 11.8. The maximum absolute atomic E-state index is 13.7. The quantitative estimate of drug-likeness (QED) is 0.249. The first kappa shape index (κ1) is 25.2. The number of hydrogen-bond donors (Lipinski definition) is 1. The monoisotopic (exact) mass is 509 g/mol. The van der Waals surface area contributed by atoms with Crippen molar-refractivity contribution in [2.75, 3.05) is 50.8 Å². The normalized spacial score (nSPS) is 18.2. The molecule has 9 nitrogen and oxygen atoms in total. The molecule has 1 atom stereocenters. The van der Waals surface area contributed by atoms with E-state index in [2.05, 4.69) is 15.2 Å². The SMILES string of the molecule is Cc1ccccc1N=C(NC#N)N1CCN(C(=O)c2ccc(N3CCOCC3)nc2)C(c2ccccc2)C1. The molecule has 2 aromatic carbocycles. The number of pyridine rings is 1. The zero-order valence-electron chi connectivity index (χ0n) is 21.5. The number of nitrogens with zero attached hydrogens (tertiary/aromatic N) is 6. The average molecular weight is 510 g/mol. The van der Waals surface area contributed by atoms with Crippen LogP contribution in [0.15, 0.2) is 77.9 Å². The van der Waals surface area contributed by atoms with Crippen molar-refractivity contribution in [2.24, 2.45) is 4.99 Å². The number of carbonyl (C=O) groups is 1. The fraction of sp³-hybridized carbons (Fsp3) is 0.310. The number of guanidine groups is 1. The lowest BCUT2D eigenvalue weighted by molar-refractivity contribution is 0.0547. The van der Waals surface area contributed by atoms with E-state index in [9.17, 15) is 10.1 Å². The number of para-hydroxylation sites is 1. The number of nitrogens with one attached hydrogen (secondary N) is 1. The highest BCUT2D eigenvalue weighted by molar-refractivity contribution is 5.95. The number of nitriles is 1. The van der Waals surface area contributed by atoms with Crippen molar-refractivity contribution in [2.45, 2.75) is 13.0 Å². The van der Waals surface area contributed by atoms with Crippen molar-refractivity contribution < 1.29 is 9.53 Å². The number of carbonyl (C=O) groups excluding carboxylic acids is 1. The molecule has 2 aliphatic rings. The van der Waals surface area contributed by atoms with Gasteiger partial charge in [0.2, 0.25) is 5.96 Å². The van der Waals surface area contributed by atoms with E-state index in [0.717, 1.165) is 35.7 Å². The van der Waals surface area contributed by atoms with Crippen LogP contribution in [0.25, 0.3) is 0 Å². The van der Waals surface area contributed by atoms with Gasteiger partial charge in [-0.25, -0.2) is 9.98 Å². The Morgan fingerprint density at radius 2 is 1.79 bits per heavy atom. The van der Waals surface area contributed by atoms with Gasteiger partial charge in [-0.2, -0.15) is 5.26 Å². The highest BCUT2D eigenvalue weighted by atomic mass is 16.5. The number of benzene rings is 2. The smallest absolute Gasteiger partial charge is 0.256 e.